The van der Waals surface area contributed by atoms with Crippen LogP contribution in [0.1, 0.15) is 32.4 Å². The number of ether oxygens (including phenoxy) is 1. The first-order valence-electron chi connectivity index (χ1n) is 6.03. The Balaban J connectivity index is 2.65. The first-order valence-corrected chi connectivity index (χ1v) is 7.75. The van der Waals surface area contributed by atoms with Crippen molar-refractivity contribution in [3.8, 4) is 5.75 Å². The summed E-state index contributed by atoms with van der Waals surface area (Å²) in [6.07, 6.45) is 0. The molecule has 0 aliphatic heterocycles. The lowest BCUT2D eigenvalue weighted by molar-refractivity contribution is 0.335. The topological polar surface area (TPSA) is 69.4 Å². The molecule has 18 heavy (non-hydrogen) atoms. The van der Waals surface area contributed by atoms with Crippen LogP contribution in [-0.2, 0) is 9.84 Å². The molecule has 4 nitrogen and oxygen atoms in total. The van der Waals surface area contributed by atoms with Crippen molar-refractivity contribution in [1.29, 1.82) is 0 Å². The van der Waals surface area contributed by atoms with E-state index in [1.807, 2.05) is 25.1 Å². The highest BCUT2D eigenvalue weighted by Crippen LogP contribution is 2.23. The molecule has 1 rings (SSSR count). The Morgan fingerprint density at radius 3 is 2.39 bits per heavy atom. The van der Waals surface area contributed by atoms with Crippen LogP contribution < -0.4 is 10.5 Å². The third-order valence-corrected chi connectivity index (χ3v) is 4.93. The molecule has 0 radical (unpaired) electrons. The maximum Gasteiger partial charge on any atom is 0.155 e. The average Bonchev–Trinajstić information content (AvgIpc) is 2.29. The lowest BCUT2D eigenvalue weighted by Crippen LogP contribution is -2.22. The van der Waals surface area contributed by atoms with Crippen LogP contribution in [0.15, 0.2) is 24.3 Å². The van der Waals surface area contributed by atoms with Gasteiger partial charge in [0.2, 0.25) is 0 Å². The van der Waals surface area contributed by atoms with Gasteiger partial charge in [-0.2, -0.15) is 0 Å². The highest BCUT2D eigenvalue weighted by Gasteiger charge is 2.16. The van der Waals surface area contributed by atoms with Gasteiger partial charge in [0.1, 0.15) is 12.4 Å². The van der Waals surface area contributed by atoms with E-state index in [1.165, 1.54) is 0 Å². The zero-order valence-corrected chi connectivity index (χ0v) is 11.9. The van der Waals surface area contributed by atoms with Crippen molar-refractivity contribution in [2.45, 2.75) is 32.1 Å². The molecule has 0 saturated heterocycles. The number of sulfone groups is 1. The Hall–Kier alpha value is -1.07. The summed E-state index contributed by atoms with van der Waals surface area (Å²) in [7, 11) is -3.06. The lowest BCUT2D eigenvalue weighted by atomic mass is 10.1. The first kappa shape index (κ1) is 15.0. The number of nitrogens with two attached hydrogens (primary N) is 1. The summed E-state index contributed by atoms with van der Waals surface area (Å²) < 4.78 is 28.8. The van der Waals surface area contributed by atoms with E-state index in [0.29, 0.717) is 5.75 Å². The zero-order valence-electron chi connectivity index (χ0n) is 11.1. The second-order valence-electron chi connectivity index (χ2n) is 4.59. The Bertz CT molecular complexity index is 481. The van der Waals surface area contributed by atoms with Crippen LogP contribution in [0.25, 0.3) is 0 Å². The van der Waals surface area contributed by atoms with Gasteiger partial charge >= 0.3 is 0 Å². The minimum absolute atomic E-state index is 0.0257. The van der Waals surface area contributed by atoms with Crippen LogP contribution in [0.3, 0.4) is 0 Å². The largest absolute Gasteiger partial charge is 0.492 e. The van der Waals surface area contributed by atoms with Crippen LogP contribution in [0.2, 0.25) is 0 Å². The third-order valence-electron chi connectivity index (χ3n) is 2.75. The van der Waals surface area contributed by atoms with Gasteiger partial charge in [-0.15, -0.1) is 0 Å². The van der Waals surface area contributed by atoms with E-state index in [9.17, 15) is 8.42 Å². The Kier molecular flexibility index (Phi) is 5.16. The monoisotopic (exact) mass is 271 g/mol. The number of rotatable bonds is 6. The van der Waals surface area contributed by atoms with Crippen LogP contribution in [0.5, 0.6) is 5.75 Å². The molecule has 2 N–H and O–H groups in total. The van der Waals surface area contributed by atoms with E-state index >= 15 is 0 Å². The van der Waals surface area contributed by atoms with Gasteiger partial charge in [-0.3, -0.25) is 0 Å². The number of hydrogen-bond acceptors (Lipinski definition) is 4. The standard InChI is InChI=1S/C13H21NO3S/c1-10(2)18(15,16)9-8-17-13-7-5-4-6-12(13)11(3)14/h4-7,10-11H,8-9,14H2,1-3H3/t11-/m0/s1. The van der Waals surface area contributed by atoms with E-state index in [2.05, 4.69) is 0 Å². The quantitative estimate of drug-likeness (QED) is 0.858. The molecule has 1 aromatic carbocycles. The normalized spacial score (nSPS) is 13.6. The van der Waals surface area contributed by atoms with Gasteiger partial charge < -0.3 is 10.5 Å². The smallest absolute Gasteiger partial charge is 0.155 e. The molecule has 0 spiro atoms. The molecule has 0 aliphatic rings. The molecule has 0 aliphatic carbocycles. The second kappa shape index (κ2) is 6.20. The van der Waals surface area contributed by atoms with Gasteiger partial charge in [0.25, 0.3) is 0 Å². The maximum atomic E-state index is 11.6. The molecular formula is C13H21NO3S. The van der Waals surface area contributed by atoms with Crippen molar-refractivity contribution in [3.05, 3.63) is 29.8 Å². The fraction of sp³-hybridized carbons (Fsp3) is 0.538. The van der Waals surface area contributed by atoms with E-state index in [4.69, 9.17) is 10.5 Å². The van der Waals surface area contributed by atoms with E-state index in [1.54, 1.807) is 19.9 Å². The molecular weight excluding hydrogens is 250 g/mol. The highest BCUT2D eigenvalue weighted by atomic mass is 32.2. The Morgan fingerprint density at radius 1 is 1.22 bits per heavy atom. The van der Waals surface area contributed by atoms with Crippen molar-refractivity contribution in [2.75, 3.05) is 12.4 Å². The summed E-state index contributed by atoms with van der Waals surface area (Å²) in [6.45, 7) is 5.37. The Morgan fingerprint density at radius 2 is 1.83 bits per heavy atom. The molecule has 0 heterocycles. The van der Waals surface area contributed by atoms with Gasteiger partial charge in [-0.1, -0.05) is 18.2 Å². The predicted octanol–water partition coefficient (Wildman–Crippen LogP) is 1.91. The van der Waals surface area contributed by atoms with Crippen molar-refractivity contribution in [1.82, 2.24) is 0 Å². The summed E-state index contributed by atoms with van der Waals surface area (Å²) in [5.74, 6) is 0.685. The van der Waals surface area contributed by atoms with Crippen LogP contribution in [0, 0.1) is 0 Å². The first-order chi connectivity index (χ1) is 8.34. The van der Waals surface area contributed by atoms with E-state index < -0.39 is 9.84 Å². The van der Waals surface area contributed by atoms with Crippen LogP contribution in [-0.4, -0.2) is 26.0 Å². The predicted molar refractivity (Wildman–Crippen MR) is 73.5 cm³/mol. The van der Waals surface area contributed by atoms with Crippen molar-refractivity contribution >= 4 is 9.84 Å². The molecule has 0 amide bonds. The van der Waals surface area contributed by atoms with Crippen molar-refractivity contribution in [3.63, 3.8) is 0 Å². The minimum Gasteiger partial charge on any atom is -0.492 e. The van der Waals surface area contributed by atoms with Gasteiger partial charge in [0.15, 0.2) is 9.84 Å². The highest BCUT2D eigenvalue weighted by molar-refractivity contribution is 7.91. The minimum atomic E-state index is -3.06. The molecule has 0 fully saturated rings. The molecule has 1 atom stereocenters. The average molecular weight is 271 g/mol. The van der Waals surface area contributed by atoms with Crippen molar-refractivity contribution in [2.24, 2.45) is 5.73 Å². The van der Waals surface area contributed by atoms with Crippen LogP contribution in [0.4, 0.5) is 0 Å². The van der Waals surface area contributed by atoms with Gasteiger partial charge in [-0.05, 0) is 26.8 Å². The third kappa shape index (κ3) is 3.99. The fourth-order valence-corrected chi connectivity index (χ4v) is 2.28. The molecule has 1 aromatic rings. The Labute approximate surface area is 109 Å². The fourth-order valence-electron chi connectivity index (χ4n) is 1.49. The van der Waals surface area contributed by atoms with E-state index in [0.717, 1.165) is 5.56 Å². The molecule has 0 aromatic heterocycles. The molecule has 5 heteroatoms. The summed E-state index contributed by atoms with van der Waals surface area (Å²) >= 11 is 0. The van der Waals surface area contributed by atoms with Gasteiger partial charge in [0, 0.05) is 11.6 Å². The van der Waals surface area contributed by atoms with Gasteiger partial charge in [0.05, 0.1) is 11.0 Å². The summed E-state index contributed by atoms with van der Waals surface area (Å²) in [5.41, 5.74) is 6.71. The van der Waals surface area contributed by atoms with E-state index in [-0.39, 0.29) is 23.7 Å². The maximum absolute atomic E-state index is 11.6. The lowest BCUT2D eigenvalue weighted by Gasteiger charge is -2.14. The zero-order chi connectivity index (χ0) is 13.8. The number of benzene rings is 1. The molecule has 0 unspecified atom stereocenters. The second-order valence-corrected chi connectivity index (χ2v) is 7.27. The van der Waals surface area contributed by atoms with Gasteiger partial charge in [-0.25, -0.2) is 8.42 Å². The SMILES string of the molecule is CC(C)S(=O)(=O)CCOc1ccccc1[C@H](C)N. The number of hydrogen-bond donors (Lipinski definition) is 1. The molecule has 0 bridgehead atoms. The van der Waals surface area contributed by atoms with Crippen LogP contribution >= 0.6 is 0 Å². The molecule has 102 valence electrons. The molecule has 0 saturated carbocycles. The van der Waals surface area contributed by atoms with Crippen molar-refractivity contribution < 1.29 is 13.2 Å². The summed E-state index contributed by atoms with van der Waals surface area (Å²) in [5, 5.41) is -0.371. The summed E-state index contributed by atoms with van der Waals surface area (Å²) in [6, 6.07) is 7.29. The summed E-state index contributed by atoms with van der Waals surface area (Å²) in [4.78, 5) is 0. The number of para-hydroxylation sites is 1.